The van der Waals surface area contributed by atoms with E-state index in [1.807, 2.05) is 0 Å². The maximum atomic E-state index is 12.5. The molecule has 0 unspecified atom stereocenters. The summed E-state index contributed by atoms with van der Waals surface area (Å²) in [5, 5.41) is 8.91. The Kier molecular flexibility index (Phi) is 5.26. The Hall–Kier alpha value is -1.20. The van der Waals surface area contributed by atoms with E-state index < -0.39 is 23.2 Å². The molecule has 0 heterocycles. The summed E-state index contributed by atoms with van der Waals surface area (Å²) in [5.41, 5.74) is -5.09. The van der Waals surface area contributed by atoms with Crippen molar-refractivity contribution in [2.75, 3.05) is 6.61 Å². The van der Waals surface area contributed by atoms with Crippen molar-refractivity contribution in [3.63, 3.8) is 0 Å². The van der Waals surface area contributed by atoms with E-state index in [0.717, 1.165) is 6.07 Å². The lowest BCUT2D eigenvalue weighted by molar-refractivity contribution is -0.0328. The van der Waals surface area contributed by atoms with Crippen LogP contribution in [0.5, 0.6) is 0 Å². The van der Waals surface area contributed by atoms with Gasteiger partial charge in [-0.25, -0.2) is 4.79 Å². The molecule has 0 radical (unpaired) electrons. The summed E-state index contributed by atoms with van der Waals surface area (Å²) in [6, 6.07) is 4.09. The lowest BCUT2D eigenvalue weighted by Gasteiger charge is -2.12. The molecule has 1 aromatic carbocycles. The summed E-state index contributed by atoms with van der Waals surface area (Å²) in [6.45, 7) is 1.54. The summed E-state index contributed by atoms with van der Waals surface area (Å²) in [7, 11) is 0. The normalized spacial score (nSPS) is 10.9. The van der Waals surface area contributed by atoms with Crippen molar-refractivity contribution in [3.8, 4) is 6.07 Å². The van der Waals surface area contributed by atoms with Crippen molar-refractivity contribution >= 4 is 33.7 Å². The summed E-state index contributed by atoms with van der Waals surface area (Å²) in [6.07, 6.45) is 0. The zero-order valence-electron chi connectivity index (χ0n) is 9.55. The summed E-state index contributed by atoms with van der Waals surface area (Å²) < 4.78 is 42.3. The van der Waals surface area contributed by atoms with Gasteiger partial charge in [-0.1, -0.05) is 15.9 Å². The van der Waals surface area contributed by atoms with Crippen molar-refractivity contribution in [2.24, 2.45) is 0 Å². The molecule has 0 saturated heterocycles. The monoisotopic (exact) mass is 353 g/mol. The van der Waals surface area contributed by atoms with Crippen LogP contribution in [-0.2, 0) is 4.74 Å². The van der Waals surface area contributed by atoms with Gasteiger partial charge in [0.1, 0.15) is 6.07 Å². The molecule has 0 amide bonds. The maximum absolute atomic E-state index is 12.5. The Morgan fingerprint density at radius 2 is 2.16 bits per heavy atom. The predicted octanol–water partition coefficient (Wildman–Crippen LogP) is 4.11. The standard InChI is InChI=1S/C11H7BrF3NO2S/c1-2-18-10(17)9-6(5-16)3-7(12)4-8(9)19-11(13,14)15/h3-4H,2H2,1H3. The fourth-order valence-electron chi connectivity index (χ4n) is 1.29. The van der Waals surface area contributed by atoms with Crippen LogP contribution in [0.25, 0.3) is 0 Å². The van der Waals surface area contributed by atoms with E-state index in [0.29, 0.717) is 0 Å². The highest BCUT2D eigenvalue weighted by molar-refractivity contribution is 9.10. The van der Waals surface area contributed by atoms with Gasteiger partial charge in [-0.2, -0.15) is 18.4 Å². The molecule has 0 N–H and O–H groups in total. The lowest BCUT2D eigenvalue weighted by Crippen LogP contribution is -2.11. The number of halogens is 4. The highest BCUT2D eigenvalue weighted by Crippen LogP contribution is 2.40. The highest BCUT2D eigenvalue weighted by atomic mass is 79.9. The number of hydrogen-bond donors (Lipinski definition) is 0. The van der Waals surface area contributed by atoms with Gasteiger partial charge in [0.05, 0.1) is 17.7 Å². The average molecular weight is 354 g/mol. The van der Waals surface area contributed by atoms with Gasteiger partial charge in [0.25, 0.3) is 0 Å². The topological polar surface area (TPSA) is 50.1 Å². The second kappa shape index (κ2) is 6.30. The Balaban J connectivity index is 3.38. The van der Waals surface area contributed by atoms with Crippen molar-refractivity contribution in [1.82, 2.24) is 0 Å². The van der Waals surface area contributed by atoms with Crippen LogP contribution in [-0.4, -0.2) is 18.1 Å². The summed E-state index contributed by atoms with van der Waals surface area (Å²) in [4.78, 5) is 11.3. The van der Waals surface area contributed by atoms with Crippen molar-refractivity contribution in [3.05, 3.63) is 27.7 Å². The number of ether oxygens (including phenoxy) is 1. The predicted molar refractivity (Wildman–Crippen MR) is 66.7 cm³/mol. The van der Waals surface area contributed by atoms with E-state index >= 15 is 0 Å². The van der Waals surface area contributed by atoms with Crippen LogP contribution in [0.15, 0.2) is 21.5 Å². The number of thioether (sulfide) groups is 1. The second-order valence-corrected chi connectivity index (χ2v) is 5.23. The van der Waals surface area contributed by atoms with Crippen LogP contribution in [0.4, 0.5) is 13.2 Å². The van der Waals surface area contributed by atoms with E-state index in [1.165, 1.54) is 13.0 Å². The largest absolute Gasteiger partial charge is 0.462 e. The number of carbonyl (C=O) groups excluding carboxylic acids is 1. The smallest absolute Gasteiger partial charge is 0.446 e. The molecular formula is C11H7BrF3NO2S. The first-order valence-electron chi connectivity index (χ1n) is 4.95. The molecule has 102 valence electrons. The number of nitriles is 1. The minimum absolute atomic E-state index is 0.00981. The summed E-state index contributed by atoms with van der Waals surface area (Å²) in [5.74, 6) is -0.946. The van der Waals surface area contributed by atoms with E-state index in [2.05, 4.69) is 20.7 Å². The van der Waals surface area contributed by atoms with Crippen LogP contribution < -0.4 is 0 Å². The molecule has 19 heavy (non-hydrogen) atoms. The first kappa shape index (κ1) is 15.9. The molecular weight excluding hydrogens is 347 g/mol. The van der Waals surface area contributed by atoms with E-state index in [9.17, 15) is 18.0 Å². The number of hydrogen-bond acceptors (Lipinski definition) is 4. The number of nitrogens with zero attached hydrogens (tertiary/aromatic N) is 1. The van der Waals surface area contributed by atoms with Crippen LogP contribution in [0.3, 0.4) is 0 Å². The molecule has 0 aliphatic carbocycles. The van der Waals surface area contributed by atoms with Crippen LogP contribution >= 0.6 is 27.7 Å². The first-order valence-corrected chi connectivity index (χ1v) is 6.56. The van der Waals surface area contributed by atoms with E-state index in [1.54, 1.807) is 6.07 Å². The second-order valence-electron chi connectivity index (χ2n) is 3.21. The molecule has 3 nitrogen and oxygen atoms in total. The molecule has 0 bridgehead atoms. The van der Waals surface area contributed by atoms with Gasteiger partial charge in [0.15, 0.2) is 0 Å². The molecule has 8 heteroatoms. The van der Waals surface area contributed by atoms with Crippen molar-refractivity contribution < 1.29 is 22.7 Å². The molecule has 1 rings (SSSR count). The van der Waals surface area contributed by atoms with Crippen LogP contribution in [0.2, 0.25) is 0 Å². The number of benzene rings is 1. The Bertz CT molecular complexity index is 540. The third-order valence-corrected chi connectivity index (χ3v) is 3.12. The van der Waals surface area contributed by atoms with Gasteiger partial charge in [0, 0.05) is 9.37 Å². The van der Waals surface area contributed by atoms with Gasteiger partial charge in [-0.15, -0.1) is 0 Å². The molecule has 0 spiro atoms. The zero-order valence-corrected chi connectivity index (χ0v) is 11.9. The van der Waals surface area contributed by atoms with Crippen molar-refractivity contribution in [1.29, 1.82) is 5.26 Å². The van der Waals surface area contributed by atoms with Gasteiger partial charge < -0.3 is 4.74 Å². The highest BCUT2D eigenvalue weighted by Gasteiger charge is 2.33. The molecule has 0 aliphatic heterocycles. The fourth-order valence-corrected chi connectivity index (χ4v) is 2.63. The molecule has 1 aromatic rings. The number of alkyl halides is 3. The van der Waals surface area contributed by atoms with Gasteiger partial charge in [-0.05, 0) is 30.8 Å². The first-order chi connectivity index (χ1) is 8.78. The lowest BCUT2D eigenvalue weighted by atomic mass is 10.1. The van der Waals surface area contributed by atoms with Crippen molar-refractivity contribution in [2.45, 2.75) is 17.3 Å². The SMILES string of the molecule is CCOC(=O)c1c(C#N)cc(Br)cc1SC(F)(F)F. The number of carbonyl (C=O) groups is 1. The Morgan fingerprint density at radius 1 is 1.53 bits per heavy atom. The third-order valence-electron chi connectivity index (χ3n) is 1.89. The average Bonchev–Trinajstić information content (AvgIpc) is 2.25. The molecule has 0 saturated carbocycles. The van der Waals surface area contributed by atoms with Crippen LogP contribution in [0, 0.1) is 11.3 Å². The zero-order chi connectivity index (χ0) is 14.6. The summed E-state index contributed by atoms with van der Waals surface area (Å²) >= 11 is 2.54. The van der Waals surface area contributed by atoms with Gasteiger partial charge >= 0.3 is 11.5 Å². The Morgan fingerprint density at radius 3 is 2.63 bits per heavy atom. The molecule has 0 fully saturated rings. The van der Waals surface area contributed by atoms with Gasteiger partial charge in [0.2, 0.25) is 0 Å². The minimum Gasteiger partial charge on any atom is -0.462 e. The maximum Gasteiger partial charge on any atom is 0.446 e. The van der Waals surface area contributed by atoms with E-state index in [4.69, 9.17) is 5.26 Å². The third kappa shape index (κ3) is 4.44. The minimum atomic E-state index is -4.56. The molecule has 0 aromatic heterocycles. The molecule has 0 atom stereocenters. The quantitative estimate of drug-likeness (QED) is 0.606. The number of rotatable bonds is 3. The fraction of sp³-hybridized carbons (Fsp3) is 0.273. The van der Waals surface area contributed by atoms with Crippen LogP contribution in [0.1, 0.15) is 22.8 Å². The van der Waals surface area contributed by atoms with Gasteiger partial charge in [-0.3, -0.25) is 0 Å². The van der Waals surface area contributed by atoms with E-state index in [-0.39, 0.29) is 27.1 Å². The number of esters is 1. The molecule has 0 aliphatic rings. The Labute approximate surface area is 119 Å².